The maximum Gasteiger partial charge on any atom is 0.295 e. The molecular weight excluding hydrogens is 459 g/mol. The molecule has 1 N–H and O–H groups in total. The van der Waals surface area contributed by atoms with Gasteiger partial charge in [-0.1, -0.05) is 42.5 Å². The first-order valence-electron chi connectivity index (χ1n) is 11.8. The second-order valence-electron chi connectivity index (χ2n) is 9.00. The number of carbonyl (C=O) groups excluding carboxylic acids is 2. The molecule has 0 aliphatic carbocycles. The van der Waals surface area contributed by atoms with E-state index in [4.69, 9.17) is 4.74 Å². The van der Waals surface area contributed by atoms with E-state index in [0.29, 0.717) is 36.4 Å². The van der Waals surface area contributed by atoms with Crippen molar-refractivity contribution in [2.24, 2.45) is 0 Å². The number of benzene rings is 3. The molecule has 1 saturated heterocycles. The van der Waals surface area contributed by atoms with Crippen LogP contribution >= 0.6 is 0 Å². The predicted octanol–water partition coefficient (Wildman–Crippen LogP) is 4.78. The van der Waals surface area contributed by atoms with Crippen LogP contribution in [0, 0.1) is 5.82 Å². The first-order chi connectivity index (χ1) is 17.3. The largest absolute Gasteiger partial charge is 0.507 e. The van der Waals surface area contributed by atoms with Crippen molar-refractivity contribution in [1.82, 2.24) is 9.80 Å². The first kappa shape index (κ1) is 25.1. The molecule has 1 atom stereocenters. The lowest BCUT2D eigenvalue weighted by molar-refractivity contribution is -0.139. The summed E-state index contributed by atoms with van der Waals surface area (Å²) in [6.07, 6.45) is 0.644. The predicted molar refractivity (Wildman–Crippen MR) is 136 cm³/mol. The van der Waals surface area contributed by atoms with Gasteiger partial charge in [0.2, 0.25) is 0 Å². The Labute approximate surface area is 210 Å². The minimum atomic E-state index is -0.804. The number of carbonyl (C=O) groups is 2. The molecule has 0 radical (unpaired) electrons. The van der Waals surface area contributed by atoms with Gasteiger partial charge >= 0.3 is 0 Å². The topological polar surface area (TPSA) is 70.1 Å². The van der Waals surface area contributed by atoms with E-state index in [0.717, 1.165) is 12.1 Å². The smallest absolute Gasteiger partial charge is 0.295 e. The first-order valence-corrected chi connectivity index (χ1v) is 11.8. The van der Waals surface area contributed by atoms with Crippen LogP contribution in [0.15, 0.2) is 84.4 Å². The van der Waals surface area contributed by atoms with Crippen molar-refractivity contribution in [3.05, 3.63) is 107 Å². The summed E-state index contributed by atoms with van der Waals surface area (Å²) < 4.78 is 19.4. The molecule has 36 heavy (non-hydrogen) atoms. The van der Waals surface area contributed by atoms with Crippen LogP contribution in [0.4, 0.5) is 4.39 Å². The summed E-state index contributed by atoms with van der Waals surface area (Å²) in [6, 6.07) is 21.3. The fraction of sp³-hybridized carbons (Fsp3) is 0.241. The van der Waals surface area contributed by atoms with Crippen LogP contribution in [0.3, 0.4) is 0 Å². The second kappa shape index (κ2) is 11.2. The monoisotopic (exact) mass is 488 g/mol. The zero-order valence-corrected chi connectivity index (χ0v) is 20.4. The molecule has 186 valence electrons. The number of likely N-dealkylation sites (tertiary alicyclic amines) is 1. The summed E-state index contributed by atoms with van der Waals surface area (Å²) in [5, 5.41) is 11.2. The van der Waals surface area contributed by atoms with Crippen LogP contribution in [0.5, 0.6) is 5.75 Å². The zero-order valence-electron chi connectivity index (χ0n) is 20.4. The summed E-state index contributed by atoms with van der Waals surface area (Å²) in [4.78, 5) is 29.5. The van der Waals surface area contributed by atoms with Crippen molar-refractivity contribution < 1.29 is 23.8 Å². The maximum atomic E-state index is 13.6. The number of ether oxygens (including phenoxy) is 1. The molecule has 1 aliphatic heterocycles. The minimum absolute atomic E-state index is 0.00517. The van der Waals surface area contributed by atoms with Gasteiger partial charge in [0.1, 0.15) is 23.9 Å². The third-order valence-corrected chi connectivity index (χ3v) is 6.11. The van der Waals surface area contributed by atoms with Gasteiger partial charge in [-0.05, 0) is 74.6 Å². The average molecular weight is 489 g/mol. The summed E-state index contributed by atoms with van der Waals surface area (Å²) in [7, 11) is 3.86. The van der Waals surface area contributed by atoms with Crippen molar-refractivity contribution in [3.8, 4) is 5.75 Å². The van der Waals surface area contributed by atoms with Crippen LogP contribution in [0.1, 0.15) is 29.2 Å². The second-order valence-corrected chi connectivity index (χ2v) is 9.00. The Hall–Kier alpha value is -3.97. The van der Waals surface area contributed by atoms with Crippen LogP contribution < -0.4 is 4.74 Å². The Kier molecular flexibility index (Phi) is 7.80. The average Bonchev–Trinajstić information content (AvgIpc) is 3.13. The molecule has 0 unspecified atom stereocenters. The van der Waals surface area contributed by atoms with Gasteiger partial charge in [0, 0.05) is 12.1 Å². The molecule has 3 aromatic carbocycles. The van der Waals surface area contributed by atoms with Crippen LogP contribution in [0.2, 0.25) is 0 Å². The number of aliphatic hydroxyl groups excluding tert-OH is 1. The number of aliphatic hydroxyl groups is 1. The Balaban J connectivity index is 1.63. The summed E-state index contributed by atoms with van der Waals surface area (Å²) in [5.41, 5.74) is 1.97. The molecule has 0 spiro atoms. The summed E-state index contributed by atoms with van der Waals surface area (Å²) in [5.74, 6) is -1.51. The van der Waals surface area contributed by atoms with Gasteiger partial charge < -0.3 is 19.6 Å². The SMILES string of the molecule is CN(C)CCCN1C(=O)C(=O)C(=C(O)c2ccc(OCc3ccccc3)cc2)[C@@H]1c1ccc(F)cc1. The highest BCUT2D eigenvalue weighted by Crippen LogP contribution is 2.39. The van der Waals surface area contributed by atoms with Gasteiger partial charge in [0.05, 0.1) is 11.6 Å². The molecule has 1 heterocycles. The lowest BCUT2D eigenvalue weighted by Crippen LogP contribution is -2.32. The third kappa shape index (κ3) is 5.63. The Morgan fingerprint density at radius 1 is 0.972 bits per heavy atom. The number of ketones is 1. The van der Waals surface area contributed by atoms with Gasteiger partial charge in [-0.3, -0.25) is 9.59 Å². The zero-order chi connectivity index (χ0) is 25.7. The highest BCUT2D eigenvalue weighted by Gasteiger charge is 2.45. The highest BCUT2D eigenvalue weighted by molar-refractivity contribution is 6.46. The van der Waals surface area contributed by atoms with Crippen LogP contribution in [-0.4, -0.2) is 53.8 Å². The van der Waals surface area contributed by atoms with E-state index in [1.54, 1.807) is 36.4 Å². The van der Waals surface area contributed by atoms with E-state index in [9.17, 15) is 19.1 Å². The standard InChI is InChI=1S/C29H29FN2O4/c1-31(2)17-6-18-32-26(21-9-13-23(30)14-10-21)25(28(34)29(32)35)27(33)22-11-15-24(16-12-22)36-19-20-7-4-3-5-8-20/h3-5,7-16,26,33H,6,17-19H2,1-2H3/t26-/m0/s1. The Morgan fingerprint density at radius 2 is 1.64 bits per heavy atom. The van der Waals surface area contributed by atoms with E-state index in [1.807, 2.05) is 49.3 Å². The lowest BCUT2D eigenvalue weighted by Gasteiger charge is -2.26. The summed E-state index contributed by atoms with van der Waals surface area (Å²) in [6.45, 7) is 1.45. The van der Waals surface area contributed by atoms with Gasteiger partial charge in [0.25, 0.3) is 11.7 Å². The number of amides is 1. The number of hydrogen-bond donors (Lipinski definition) is 1. The third-order valence-electron chi connectivity index (χ3n) is 6.11. The van der Waals surface area contributed by atoms with Crippen molar-refractivity contribution >= 4 is 17.4 Å². The number of nitrogens with zero attached hydrogens (tertiary/aromatic N) is 2. The van der Waals surface area contributed by atoms with Gasteiger partial charge in [-0.25, -0.2) is 4.39 Å². The van der Waals surface area contributed by atoms with Crippen molar-refractivity contribution in [2.45, 2.75) is 19.1 Å². The van der Waals surface area contributed by atoms with E-state index in [2.05, 4.69) is 0 Å². The number of Topliss-reactive ketones (excluding diaryl/α,β-unsaturated/α-hetero) is 1. The van der Waals surface area contributed by atoms with Gasteiger partial charge in [0.15, 0.2) is 0 Å². The minimum Gasteiger partial charge on any atom is -0.507 e. The molecule has 0 saturated carbocycles. The van der Waals surface area contributed by atoms with Crippen LogP contribution in [-0.2, 0) is 16.2 Å². The van der Waals surface area contributed by atoms with E-state index in [-0.39, 0.29) is 11.3 Å². The molecule has 0 bridgehead atoms. The fourth-order valence-electron chi connectivity index (χ4n) is 4.26. The molecule has 4 rings (SSSR count). The Bertz CT molecular complexity index is 1240. The van der Waals surface area contributed by atoms with E-state index in [1.165, 1.54) is 17.0 Å². The molecule has 6 nitrogen and oxygen atoms in total. The molecule has 3 aromatic rings. The number of rotatable bonds is 9. The number of hydrogen-bond acceptors (Lipinski definition) is 5. The molecule has 1 amide bonds. The summed E-state index contributed by atoms with van der Waals surface area (Å²) >= 11 is 0. The molecule has 7 heteroatoms. The maximum absolute atomic E-state index is 13.6. The molecule has 1 aliphatic rings. The van der Waals surface area contributed by atoms with Crippen molar-refractivity contribution in [2.75, 3.05) is 27.2 Å². The molecular formula is C29H29FN2O4. The highest BCUT2D eigenvalue weighted by atomic mass is 19.1. The quantitative estimate of drug-likeness (QED) is 0.267. The fourth-order valence-corrected chi connectivity index (χ4v) is 4.26. The van der Waals surface area contributed by atoms with E-state index < -0.39 is 23.5 Å². The van der Waals surface area contributed by atoms with Crippen molar-refractivity contribution in [1.29, 1.82) is 0 Å². The van der Waals surface area contributed by atoms with Crippen molar-refractivity contribution in [3.63, 3.8) is 0 Å². The van der Waals surface area contributed by atoms with E-state index >= 15 is 0 Å². The Morgan fingerprint density at radius 3 is 2.28 bits per heavy atom. The molecule has 0 aromatic heterocycles. The van der Waals surface area contributed by atoms with Crippen LogP contribution in [0.25, 0.3) is 5.76 Å². The van der Waals surface area contributed by atoms with Gasteiger partial charge in [-0.2, -0.15) is 0 Å². The van der Waals surface area contributed by atoms with Gasteiger partial charge in [-0.15, -0.1) is 0 Å². The lowest BCUT2D eigenvalue weighted by atomic mass is 9.95. The molecule has 1 fully saturated rings. The normalized spacial score (nSPS) is 17.1. The number of halogens is 1.